The Labute approximate surface area is 143 Å². The molecule has 0 saturated heterocycles. The molecule has 2 aromatic heterocycles. The third kappa shape index (κ3) is 3.72. The van der Waals surface area contributed by atoms with Crippen molar-refractivity contribution in [3.8, 4) is 0 Å². The lowest BCUT2D eigenvalue weighted by Gasteiger charge is -2.33. The molecule has 124 valence electrons. The first kappa shape index (κ1) is 16.4. The van der Waals surface area contributed by atoms with Gasteiger partial charge in [0.05, 0.1) is 5.25 Å². The summed E-state index contributed by atoms with van der Waals surface area (Å²) in [7, 11) is 1.78. The Kier molecular flexibility index (Phi) is 5.27. The molecule has 3 rings (SSSR count). The molecule has 0 bridgehead atoms. The quantitative estimate of drug-likeness (QED) is 0.770. The number of anilines is 1. The highest BCUT2D eigenvalue weighted by molar-refractivity contribution is 8.00. The number of thioether (sulfide) groups is 1. The maximum absolute atomic E-state index is 13.1. The normalized spacial score (nSPS) is 17.1. The van der Waals surface area contributed by atoms with E-state index < -0.39 is 0 Å². The van der Waals surface area contributed by atoms with Crippen LogP contribution in [0.15, 0.2) is 16.7 Å². The van der Waals surface area contributed by atoms with Crippen LogP contribution in [0.25, 0.3) is 0 Å². The van der Waals surface area contributed by atoms with Crippen LogP contribution in [0.1, 0.15) is 39.0 Å². The van der Waals surface area contributed by atoms with Gasteiger partial charge in [0.15, 0.2) is 5.13 Å². The van der Waals surface area contributed by atoms with Gasteiger partial charge in [-0.3, -0.25) is 9.69 Å². The van der Waals surface area contributed by atoms with Crippen molar-refractivity contribution < 1.29 is 4.79 Å². The van der Waals surface area contributed by atoms with E-state index in [9.17, 15) is 4.79 Å². The molecule has 0 unspecified atom stereocenters. The van der Waals surface area contributed by atoms with Gasteiger partial charge in [0.1, 0.15) is 0 Å². The Morgan fingerprint density at radius 3 is 2.83 bits per heavy atom. The summed E-state index contributed by atoms with van der Waals surface area (Å²) in [6.45, 7) is 1.91. The standard InChI is InChI=1S/C14H20N6OS2/c1-10(23-14-16-17-18-19(14)2)12(21)20(13-15-8-9-22-13)11-6-4-3-5-7-11/h8-11H,3-7H2,1-2H3/t10-/m0/s1. The van der Waals surface area contributed by atoms with Crippen LogP contribution in [0.5, 0.6) is 0 Å². The molecule has 1 aliphatic rings. The van der Waals surface area contributed by atoms with Gasteiger partial charge in [-0.25, -0.2) is 9.67 Å². The lowest BCUT2D eigenvalue weighted by molar-refractivity contribution is -0.118. The number of aromatic nitrogens is 5. The first-order valence-corrected chi connectivity index (χ1v) is 9.54. The third-order valence-electron chi connectivity index (χ3n) is 4.01. The summed E-state index contributed by atoms with van der Waals surface area (Å²) in [5.41, 5.74) is 0. The zero-order chi connectivity index (χ0) is 16.2. The Bertz CT molecular complexity index is 637. The maximum atomic E-state index is 13.1. The van der Waals surface area contributed by atoms with E-state index in [2.05, 4.69) is 20.5 Å². The number of carbonyl (C=O) groups is 1. The fourth-order valence-electron chi connectivity index (χ4n) is 2.83. The summed E-state index contributed by atoms with van der Waals surface area (Å²) in [5.74, 6) is 0.0832. The number of nitrogens with zero attached hydrogens (tertiary/aromatic N) is 6. The molecule has 2 heterocycles. The maximum Gasteiger partial charge on any atom is 0.242 e. The van der Waals surface area contributed by atoms with Gasteiger partial charge >= 0.3 is 0 Å². The van der Waals surface area contributed by atoms with Crippen molar-refractivity contribution in [1.82, 2.24) is 25.2 Å². The van der Waals surface area contributed by atoms with Crippen molar-refractivity contribution in [3.05, 3.63) is 11.6 Å². The van der Waals surface area contributed by atoms with Crippen LogP contribution in [-0.4, -0.2) is 42.4 Å². The van der Waals surface area contributed by atoms with Crippen LogP contribution in [0, 0.1) is 0 Å². The molecule has 1 amide bonds. The highest BCUT2D eigenvalue weighted by Gasteiger charge is 2.32. The Morgan fingerprint density at radius 2 is 2.22 bits per heavy atom. The third-order valence-corrected chi connectivity index (χ3v) is 5.90. The Morgan fingerprint density at radius 1 is 1.43 bits per heavy atom. The molecular formula is C14H20N6OS2. The van der Waals surface area contributed by atoms with Crippen LogP contribution >= 0.6 is 23.1 Å². The molecular weight excluding hydrogens is 332 g/mol. The highest BCUT2D eigenvalue weighted by Crippen LogP contribution is 2.31. The zero-order valence-electron chi connectivity index (χ0n) is 13.3. The van der Waals surface area contributed by atoms with Gasteiger partial charge in [-0.1, -0.05) is 31.0 Å². The van der Waals surface area contributed by atoms with Gasteiger partial charge in [-0.15, -0.1) is 16.4 Å². The number of hydrogen-bond donors (Lipinski definition) is 0. The molecule has 2 aromatic rings. The number of rotatable bonds is 5. The average molecular weight is 352 g/mol. The lowest BCUT2D eigenvalue weighted by atomic mass is 9.94. The molecule has 23 heavy (non-hydrogen) atoms. The summed E-state index contributed by atoms with van der Waals surface area (Å²) in [4.78, 5) is 19.4. The molecule has 0 radical (unpaired) electrons. The minimum atomic E-state index is -0.259. The summed E-state index contributed by atoms with van der Waals surface area (Å²) < 4.78 is 1.59. The van der Waals surface area contributed by atoms with Crippen molar-refractivity contribution in [2.24, 2.45) is 7.05 Å². The van der Waals surface area contributed by atoms with Gasteiger partial charge in [0, 0.05) is 24.7 Å². The molecule has 1 aliphatic carbocycles. The monoisotopic (exact) mass is 352 g/mol. The van der Waals surface area contributed by atoms with Crippen LogP contribution in [-0.2, 0) is 11.8 Å². The van der Waals surface area contributed by atoms with Crippen molar-refractivity contribution in [1.29, 1.82) is 0 Å². The first-order valence-electron chi connectivity index (χ1n) is 7.78. The van der Waals surface area contributed by atoms with Crippen molar-refractivity contribution in [3.63, 3.8) is 0 Å². The van der Waals surface area contributed by atoms with Crippen LogP contribution in [0.4, 0.5) is 5.13 Å². The SMILES string of the molecule is C[C@H](Sc1nnnn1C)C(=O)N(c1nccs1)C1CCCCC1. The van der Waals surface area contributed by atoms with E-state index in [1.54, 1.807) is 17.9 Å². The second-order valence-electron chi connectivity index (χ2n) is 5.66. The molecule has 0 spiro atoms. The topological polar surface area (TPSA) is 76.8 Å². The van der Waals surface area contributed by atoms with E-state index in [0.29, 0.717) is 5.16 Å². The highest BCUT2D eigenvalue weighted by atomic mass is 32.2. The zero-order valence-corrected chi connectivity index (χ0v) is 14.9. The second kappa shape index (κ2) is 7.39. The van der Waals surface area contributed by atoms with E-state index >= 15 is 0 Å². The molecule has 9 heteroatoms. The second-order valence-corrected chi connectivity index (χ2v) is 7.84. The van der Waals surface area contributed by atoms with Crippen LogP contribution in [0.2, 0.25) is 0 Å². The van der Waals surface area contributed by atoms with E-state index in [1.165, 1.54) is 42.4 Å². The molecule has 0 aliphatic heterocycles. The largest absolute Gasteiger partial charge is 0.284 e. The predicted molar refractivity (Wildman–Crippen MR) is 90.6 cm³/mol. The predicted octanol–water partition coefficient (Wildman–Crippen LogP) is 2.51. The van der Waals surface area contributed by atoms with Gasteiger partial charge < -0.3 is 0 Å². The number of aryl methyl sites for hydroxylation is 1. The fourth-order valence-corrected chi connectivity index (χ4v) is 4.35. The smallest absolute Gasteiger partial charge is 0.242 e. The van der Waals surface area contributed by atoms with E-state index in [-0.39, 0.29) is 17.2 Å². The van der Waals surface area contributed by atoms with Crippen molar-refractivity contribution in [2.45, 2.75) is 55.5 Å². The Hall–Kier alpha value is -1.48. The van der Waals surface area contributed by atoms with Crippen molar-refractivity contribution >= 4 is 34.1 Å². The summed E-state index contributed by atoms with van der Waals surface area (Å²) in [6, 6.07) is 0.253. The molecule has 1 atom stereocenters. The van der Waals surface area contributed by atoms with Gasteiger partial charge in [-0.2, -0.15) is 0 Å². The number of amides is 1. The molecule has 1 fully saturated rings. The lowest BCUT2D eigenvalue weighted by Crippen LogP contribution is -2.45. The average Bonchev–Trinajstić information content (AvgIpc) is 3.21. The summed E-state index contributed by atoms with van der Waals surface area (Å²) >= 11 is 2.91. The number of carbonyl (C=O) groups excluding carboxylic acids is 1. The molecule has 0 aromatic carbocycles. The van der Waals surface area contributed by atoms with Crippen LogP contribution < -0.4 is 4.90 Å². The van der Waals surface area contributed by atoms with E-state index in [0.717, 1.165) is 18.0 Å². The summed E-state index contributed by atoms with van der Waals surface area (Å²) in [5, 5.41) is 14.5. The number of thiazole rings is 1. The van der Waals surface area contributed by atoms with Gasteiger partial charge in [0.25, 0.3) is 0 Å². The molecule has 0 N–H and O–H groups in total. The van der Waals surface area contributed by atoms with E-state index in [4.69, 9.17) is 0 Å². The molecule has 1 saturated carbocycles. The van der Waals surface area contributed by atoms with Crippen molar-refractivity contribution in [2.75, 3.05) is 4.90 Å². The molecule has 7 nitrogen and oxygen atoms in total. The summed E-state index contributed by atoms with van der Waals surface area (Å²) in [6.07, 6.45) is 7.46. The minimum Gasteiger partial charge on any atom is -0.284 e. The fraction of sp³-hybridized carbons (Fsp3) is 0.643. The van der Waals surface area contributed by atoms with E-state index in [1.807, 2.05) is 17.2 Å². The van der Waals surface area contributed by atoms with Gasteiger partial charge in [-0.05, 0) is 30.2 Å². The van der Waals surface area contributed by atoms with Crippen LogP contribution in [0.3, 0.4) is 0 Å². The Balaban J connectivity index is 1.78. The minimum absolute atomic E-state index is 0.0832. The van der Waals surface area contributed by atoms with Gasteiger partial charge in [0.2, 0.25) is 11.1 Å². The number of hydrogen-bond acceptors (Lipinski definition) is 7. The first-order chi connectivity index (χ1) is 11.2. The number of tetrazole rings is 1.